The number of thiazole rings is 1. The van der Waals surface area contributed by atoms with Gasteiger partial charge in [-0.2, -0.15) is 0 Å². The van der Waals surface area contributed by atoms with Gasteiger partial charge in [-0.25, -0.2) is 9.37 Å². The molecule has 148 valence electrons. The quantitative estimate of drug-likeness (QED) is 0.548. The van der Waals surface area contributed by atoms with Crippen molar-refractivity contribution in [3.8, 4) is 5.75 Å². The van der Waals surface area contributed by atoms with Crippen LogP contribution in [0.5, 0.6) is 5.75 Å². The molecule has 1 aromatic carbocycles. The lowest BCUT2D eigenvalue weighted by molar-refractivity contribution is 0.119. The van der Waals surface area contributed by atoms with Gasteiger partial charge in [0.25, 0.3) is 0 Å². The van der Waals surface area contributed by atoms with Crippen molar-refractivity contribution in [1.29, 1.82) is 0 Å². The van der Waals surface area contributed by atoms with E-state index in [1.165, 1.54) is 6.07 Å². The zero-order valence-corrected chi connectivity index (χ0v) is 17.3. The molecule has 1 heterocycles. The van der Waals surface area contributed by atoms with Crippen LogP contribution in [0.4, 0.5) is 4.39 Å². The summed E-state index contributed by atoms with van der Waals surface area (Å²) >= 11 is 1.58. The van der Waals surface area contributed by atoms with Gasteiger partial charge in [0.05, 0.1) is 18.8 Å². The van der Waals surface area contributed by atoms with Crippen LogP contribution in [0.1, 0.15) is 36.2 Å². The Morgan fingerprint density at radius 1 is 1.44 bits per heavy atom. The van der Waals surface area contributed by atoms with E-state index in [-0.39, 0.29) is 17.7 Å². The Balaban J connectivity index is 1.94. The van der Waals surface area contributed by atoms with Gasteiger partial charge in [0.2, 0.25) is 0 Å². The Bertz CT molecular complexity index is 766. The fourth-order valence-corrected chi connectivity index (χ4v) is 3.34. The normalized spacial score (nSPS) is 12.7. The first-order valence-electron chi connectivity index (χ1n) is 8.78. The van der Waals surface area contributed by atoms with Crippen molar-refractivity contribution in [2.24, 2.45) is 4.99 Å². The van der Waals surface area contributed by atoms with E-state index in [0.717, 1.165) is 16.3 Å². The summed E-state index contributed by atoms with van der Waals surface area (Å²) in [7, 11) is 5.33. The molecule has 0 radical (unpaired) electrons. The van der Waals surface area contributed by atoms with Gasteiger partial charge in [-0.3, -0.25) is 4.99 Å². The Labute approximate surface area is 164 Å². The van der Waals surface area contributed by atoms with Crippen LogP contribution < -0.4 is 10.1 Å². The minimum Gasteiger partial charge on any atom is -0.491 e. The summed E-state index contributed by atoms with van der Waals surface area (Å²) in [6.45, 7) is 5.32. The molecule has 1 unspecified atom stereocenters. The Hall–Kier alpha value is -2.19. The molecule has 1 atom stereocenters. The summed E-state index contributed by atoms with van der Waals surface area (Å²) in [4.78, 5) is 10.9. The average Bonchev–Trinajstić information content (AvgIpc) is 3.12. The van der Waals surface area contributed by atoms with Gasteiger partial charge in [0, 0.05) is 33.1 Å². The van der Waals surface area contributed by atoms with E-state index in [1.54, 1.807) is 31.6 Å². The van der Waals surface area contributed by atoms with E-state index in [9.17, 15) is 4.39 Å². The fourth-order valence-electron chi connectivity index (χ4n) is 2.49. The summed E-state index contributed by atoms with van der Waals surface area (Å²) in [5.41, 5.74) is 1.77. The molecule has 8 heteroatoms. The highest BCUT2D eigenvalue weighted by molar-refractivity contribution is 7.09. The second-order valence-electron chi connectivity index (χ2n) is 6.01. The van der Waals surface area contributed by atoms with Crippen molar-refractivity contribution in [2.45, 2.75) is 33.0 Å². The van der Waals surface area contributed by atoms with E-state index in [4.69, 9.17) is 9.47 Å². The molecule has 2 aromatic rings. The van der Waals surface area contributed by atoms with E-state index >= 15 is 0 Å². The van der Waals surface area contributed by atoms with Crippen molar-refractivity contribution in [1.82, 2.24) is 15.2 Å². The number of guanidine groups is 1. The third-order valence-electron chi connectivity index (χ3n) is 3.99. The van der Waals surface area contributed by atoms with Crippen molar-refractivity contribution >= 4 is 17.3 Å². The molecule has 0 spiro atoms. The first kappa shape index (κ1) is 21.1. The lowest BCUT2D eigenvalue weighted by atomic mass is 10.2. The number of aromatic nitrogens is 1. The second-order valence-corrected chi connectivity index (χ2v) is 6.90. The zero-order valence-electron chi connectivity index (χ0n) is 16.5. The standard InChI is InChI=1S/C19H27FN4O2S/c1-6-26-17-8-7-14(9-16(17)20)10-22-19(21-3)24(4)11-15-12-27-18(23-15)13(2)25-5/h7-9,12-13H,6,10-11H2,1-5H3,(H,21,22). The number of halogens is 1. The van der Waals surface area contributed by atoms with E-state index in [1.807, 2.05) is 37.2 Å². The molecule has 0 aliphatic heterocycles. The number of hydrogen-bond acceptors (Lipinski definition) is 5. The molecule has 1 aromatic heterocycles. The van der Waals surface area contributed by atoms with Gasteiger partial charge in [0.1, 0.15) is 11.1 Å². The van der Waals surface area contributed by atoms with Crippen LogP contribution in [-0.4, -0.2) is 43.7 Å². The van der Waals surface area contributed by atoms with Gasteiger partial charge in [-0.15, -0.1) is 11.3 Å². The third-order valence-corrected chi connectivity index (χ3v) is 5.04. The highest BCUT2D eigenvalue weighted by atomic mass is 32.1. The maximum Gasteiger partial charge on any atom is 0.194 e. The molecule has 0 bridgehead atoms. The van der Waals surface area contributed by atoms with Crippen LogP contribution in [0.2, 0.25) is 0 Å². The molecule has 1 N–H and O–H groups in total. The highest BCUT2D eigenvalue weighted by Gasteiger charge is 2.13. The van der Waals surface area contributed by atoms with Gasteiger partial charge >= 0.3 is 0 Å². The van der Waals surface area contributed by atoms with Crippen molar-refractivity contribution in [3.05, 3.63) is 45.7 Å². The Kier molecular flexibility index (Phi) is 7.99. The van der Waals surface area contributed by atoms with E-state index in [2.05, 4.69) is 15.3 Å². The van der Waals surface area contributed by atoms with Gasteiger partial charge in [0.15, 0.2) is 17.5 Å². The first-order chi connectivity index (χ1) is 13.0. The highest BCUT2D eigenvalue weighted by Crippen LogP contribution is 2.21. The van der Waals surface area contributed by atoms with Crippen LogP contribution >= 0.6 is 11.3 Å². The summed E-state index contributed by atoms with van der Waals surface area (Å²) < 4.78 is 24.5. The van der Waals surface area contributed by atoms with Crippen molar-refractivity contribution in [2.75, 3.05) is 27.8 Å². The lowest BCUT2D eigenvalue weighted by Crippen LogP contribution is -2.38. The summed E-state index contributed by atoms with van der Waals surface area (Å²) in [5.74, 6) is 0.618. The average molecular weight is 395 g/mol. The monoisotopic (exact) mass is 394 g/mol. The van der Waals surface area contributed by atoms with E-state index < -0.39 is 0 Å². The Morgan fingerprint density at radius 2 is 2.22 bits per heavy atom. The van der Waals surface area contributed by atoms with Crippen molar-refractivity contribution < 1.29 is 13.9 Å². The SMILES string of the molecule is CCOc1ccc(CNC(=NC)N(C)Cc2csc(C(C)OC)n2)cc1F. The largest absolute Gasteiger partial charge is 0.491 e. The van der Waals surface area contributed by atoms with Crippen LogP contribution in [-0.2, 0) is 17.8 Å². The van der Waals surface area contributed by atoms with Crippen LogP contribution in [0, 0.1) is 5.82 Å². The lowest BCUT2D eigenvalue weighted by Gasteiger charge is -2.21. The molecule has 2 rings (SSSR count). The molecule has 0 saturated heterocycles. The number of ether oxygens (including phenoxy) is 2. The number of rotatable bonds is 8. The third kappa shape index (κ3) is 5.90. The van der Waals surface area contributed by atoms with E-state index in [0.29, 0.717) is 25.7 Å². The molecular formula is C19H27FN4O2S. The topological polar surface area (TPSA) is 59.0 Å². The molecular weight excluding hydrogens is 367 g/mol. The number of methoxy groups -OCH3 is 1. The molecule has 0 aliphatic rings. The van der Waals surface area contributed by atoms with Gasteiger partial charge in [-0.1, -0.05) is 6.07 Å². The zero-order chi connectivity index (χ0) is 19.8. The molecule has 0 saturated carbocycles. The number of nitrogens with one attached hydrogen (secondary N) is 1. The minimum atomic E-state index is -0.359. The summed E-state index contributed by atoms with van der Waals surface area (Å²) in [5, 5.41) is 6.22. The van der Waals surface area contributed by atoms with Gasteiger partial charge in [-0.05, 0) is 31.5 Å². The first-order valence-corrected chi connectivity index (χ1v) is 9.66. The minimum absolute atomic E-state index is 0.0129. The number of nitrogens with zero attached hydrogens (tertiary/aromatic N) is 3. The number of hydrogen-bond donors (Lipinski definition) is 1. The van der Waals surface area contributed by atoms with Crippen LogP contribution in [0.25, 0.3) is 0 Å². The summed E-state index contributed by atoms with van der Waals surface area (Å²) in [6.07, 6.45) is -0.0129. The smallest absolute Gasteiger partial charge is 0.194 e. The molecule has 0 amide bonds. The second kappa shape index (κ2) is 10.2. The maximum absolute atomic E-state index is 14.0. The van der Waals surface area contributed by atoms with Gasteiger partial charge < -0.3 is 19.7 Å². The fraction of sp³-hybridized carbons (Fsp3) is 0.474. The number of aliphatic imine (C=N–C) groups is 1. The Morgan fingerprint density at radius 3 is 2.85 bits per heavy atom. The molecule has 6 nitrogen and oxygen atoms in total. The molecule has 27 heavy (non-hydrogen) atoms. The predicted octanol–water partition coefficient (Wildman–Crippen LogP) is 3.60. The maximum atomic E-state index is 14.0. The molecule has 0 aliphatic carbocycles. The number of benzene rings is 1. The molecule has 0 fully saturated rings. The van der Waals surface area contributed by atoms with Crippen LogP contribution in [0.3, 0.4) is 0 Å². The van der Waals surface area contributed by atoms with Crippen molar-refractivity contribution in [3.63, 3.8) is 0 Å². The summed E-state index contributed by atoms with van der Waals surface area (Å²) in [6, 6.07) is 4.97. The van der Waals surface area contributed by atoms with Crippen LogP contribution in [0.15, 0.2) is 28.6 Å². The predicted molar refractivity (Wildman–Crippen MR) is 107 cm³/mol.